The average molecular weight is 240 g/mol. The van der Waals surface area contributed by atoms with E-state index in [0.717, 1.165) is 0 Å². The quantitative estimate of drug-likeness (QED) is 0.586. The average Bonchev–Trinajstić information content (AvgIpc) is 2.07. The topological polar surface area (TPSA) is 20.2 Å². The van der Waals surface area contributed by atoms with Gasteiger partial charge in [-0.1, -0.05) is 59.7 Å². The summed E-state index contributed by atoms with van der Waals surface area (Å²) in [5.74, 6) is 6.38. The standard InChI is InChI=1S/C14H28OSi/c1-8-9-12(16(5,6)7)10-11-13(15)14(2,3)4/h12-13,15H,8-9H2,1-7H3. The Kier molecular flexibility index (Phi) is 5.79. The summed E-state index contributed by atoms with van der Waals surface area (Å²) in [4.78, 5) is 0. The molecular weight excluding hydrogens is 212 g/mol. The lowest BCUT2D eigenvalue weighted by atomic mass is 9.89. The van der Waals surface area contributed by atoms with Crippen LogP contribution in [0, 0.1) is 17.3 Å². The van der Waals surface area contributed by atoms with Crippen molar-refractivity contribution in [2.24, 2.45) is 5.41 Å². The SMILES string of the molecule is CCCC(C#CC(O)C(C)(C)C)[Si](C)(C)C. The molecule has 0 amide bonds. The van der Waals surface area contributed by atoms with Crippen LogP contribution in [0.15, 0.2) is 0 Å². The molecule has 0 aliphatic carbocycles. The van der Waals surface area contributed by atoms with Crippen LogP contribution in [0.5, 0.6) is 0 Å². The van der Waals surface area contributed by atoms with Crippen molar-refractivity contribution in [2.75, 3.05) is 0 Å². The fourth-order valence-electron chi connectivity index (χ4n) is 1.41. The molecule has 0 radical (unpaired) electrons. The van der Waals surface area contributed by atoms with Gasteiger partial charge in [-0.2, -0.15) is 0 Å². The van der Waals surface area contributed by atoms with Crippen LogP contribution in [0.1, 0.15) is 40.5 Å². The lowest BCUT2D eigenvalue weighted by Crippen LogP contribution is -2.28. The highest BCUT2D eigenvalue weighted by Crippen LogP contribution is 2.26. The monoisotopic (exact) mass is 240 g/mol. The number of aliphatic hydroxyl groups is 1. The first-order valence-electron chi connectivity index (χ1n) is 6.28. The fraction of sp³-hybridized carbons (Fsp3) is 0.857. The molecule has 2 atom stereocenters. The van der Waals surface area contributed by atoms with Crippen molar-refractivity contribution < 1.29 is 5.11 Å². The van der Waals surface area contributed by atoms with Crippen molar-refractivity contribution >= 4 is 8.07 Å². The molecule has 0 saturated carbocycles. The Morgan fingerprint density at radius 3 is 1.94 bits per heavy atom. The molecule has 2 heteroatoms. The molecule has 1 N–H and O–H groups in total. The van der Waals surface area contributed by atoms with Crippen LogP contribution in [-0.4, -0.2) is 19.3 Å². The molecule has 0 bridgehead atoms. The van der Waals surface area contributed by atoms with Gasteiger partial charge < -0.3 is 5.11 Å². The van der Waals surface area contributed by atoms with Gasteiger partial charge >= 0.3 is 0 Å². The number of aliphatic hydroxyl groups excluding tert-OH is 1. The zero-order valence-corrected chi connectivity index (χ0v) is 13.0. The summed E-state index contributed by atoms with van der Waals surface area (Å²) in [7, 11) is -1.22. The molecule has 2 unspecified atom stereocenters. The minimum absolute atomic E-state index is 0.136. The van der Waals surface area contributed by atoms with Gasteiger partial charge in [0.1, 0.15) is 6.10 Å². The highest BCUT2D eigenvalue weighted by molar-refractivity contribution is 6.78. The van der Waals surface area contributed by atoms with E-state index in [1.807, 2.05) is 20.8 Å². The van der Waals surface area contributed by atoms with E-state index in [1.54, 1.807) is 0 Å². The summed E-state index contributed by atoms with van der Waals surface area (Å²) in [6.45, 7) is 15.3. The summed E-state index contributed by atoms with van der Waals surface area (Å²) in [5, 5.41) is 9.91. The Morgan fingerprint density at radius 2 is 1.62 bits per heavy atom. The first-order valence-corrected chi connectivity index (χ1v) is 9.86. The van der Waals surface area contributed by atoms with Crippen LogP contribution in [0.3, 0.4) is 0 Å². The summed E-state index contributed by atoms with van der Waals surface area (Å²) in [5.41, 5.74) is 0.373. The Bertz CT molecular complexity index is 259. The molecule has 0 saturated heterocycles. The zero-order chi connectivity index (χ0) is 13.0. The minimum atomic E-state index is -1.22. The molecular formula is C14H28OSi. The normalized spacial score (nSPS) is 16.2. The highest BCUT2D eigenvalue weighted by Gasteiger charge is 2.25. The molecule has 16 heavy (non-hydrogen) atoms. The van der Waals surface area contributed by atoms with Gasteiger partial charge in [-0.25, -0.2) is 0 Å². The van der Waals surface area contributed by atoms with E-state index in [2.05, 4.69) is 38.4 Å². The number of rotatable bonds is 3. The molecule has 94 valence electrons. The molecule has 0 aromatic rings. The van der Waals surface area contributed by atoms with Crippen molar-refractivity contribution in [3.05, 3.63) is 0 Å². The second-order valence-electron chi connectivity index (χ2n) is 6.76. The fourth-order valence-corrected chi connectivity index (χ4v) is 3.08. The molecule has 0 heterocycles. The Morgan fingerprint density at radius 1 is 1.12 bits per heavy atom. The summed E-state index contributed by atoms with van der Waals surface area (Å²) >= 11 is 0. The van der Waals surface area contributed by atoms with Crippen LogP contribution in [-0.2, 0) is 0 Å². The smallest absolute Gasteiger partial charge is 0.119 e. The van der Waals surface area contributed by atoms with Crippen LogP contribution in [0.25, 0.3) is 0 Å². The second kappa shape index (κ2) is 5.89. The van der Waals surface area contributed by atoms with Gasteiger partial charge in [0.15, 0.2) is 0 Å². The first kappa shape index (κ1) is 15.7. The lowest BCUT2D eigenvalue weighted by Gasteiger charge is -2.25. The minimum Gasteiger partial charge on any atom is -0.380 e. The molecule has 0 spiro atoms. The molecule has 0 fully saturated rings. The third-order valence-corrected chi connectivity index (χ3v) is 5.36. The molecule has 0 aromatic carbocycles. The van der Waals surface area contributed by atoms with Gasteiger partial charge in [0.25, 0.3) is 0 Å². The number of hydrogen-bond acceptors (Lipinski definition) is 1. The van der Waals surface area contributed by atoms with Crippen molar-refractivity contribution in [3.63, 3.8) is 0 Å². The van der Waals surface area contributed by atoms with Crippen molar-refractivity contribution in [1.29, 1.82) is 0 Å². The predicted molar refractivity (Wildman–Crippen MR) is 75.2 cm³/mol. The van der Waals surface area contributed by atoms with Gasteiger partial charge in [0, 0.05) is 5.54 Å². The van der Waals surface area contributed by atoms with Crippen molar-refractivity contribution in [2.45, 2.75) is 71.8 Å². The largest absolute Gasteiger partial charge is 0.380 e. The second-order valence-corrected chi connectivity index (χ2v) is 12.2. The van der Waals surface area contributed by atoms with E-state index < -0.39 is 14.2 Å². The zero-order valence-electron chi connectivity index (χ0n) is 12.0. The molecule has 0 aliphatic rings. The van der Waals surface area contributed by atoms with Gasteiger partial charge in [-0.15, -0.1) is 5.92 Å². The third kappa shape index (κ3) is 5.72. The molecule has 0 rings (SSSR count). The van der Waals surface area contributed by atoms with E-state index in [4.69, 9.17) is 0 Å². The van der Waals surface area contributed by atoms with Crippen LogP contribution in [0.4, 0.5) is 0 Å². The van der Waals surface area contributed by atoms with E-state index in [0.29, 0.717) is 5.54 Å². The van der Waals surface area contributed by atoms with Crippen molar-refractivity contribution in [1.82, 2.24) is 0 Å². The lowest BCUT2D eigenvalue weighted by molar-refractivity contribution is 0.114. The number of hydrogen-bond donors (Lipinski definition) is 1. The predicted octanol–water partition coefficient (Wildman–Crippen LogP) is 3.91. The summed E-state index contributed by atoms with van der Waals surface area (Å²) < 4.78 is 0. The maximum atomic E-state index is 9.91. The summed E-state index contributed by atoms with van der Waals surface area (Å²) in [6.07, 6.45) is 1.83. The van der Waals surface area contributed by atoms with Crippen LogP contribution < -0.4 is 0 Å². The Hall–Kier alpha value is -0.263. The summed E-state index contributed by atoms with van der Waals surface area (Å²) in [6, 6.07) is 0. The Balaban J connectivity index is 4.71. The van der Waals surface area contributed by atoms with E-state index in [9.17, 15) is 5.11 Å². The van der Waals surface area contributed by atoms with Gasteiger partial charge in [0.05, 0.1) is 8.07 Å². The van der Waals surface area contributed by atoms with Crippen molar-refractivity contribution in [3.8, 4) is 11.8 Å². The molecule has 0 aromatic heterocycles. The highest BCUT2D eigenvalue weighted by atomic mass is 28.3. The maximum absolute atomic E-state index is 9.91. The Labute approximate surface area is 103 Å². The van der Waals surface area contributed by atoms with Crippen LogP contribution >= 0.6 is 0 Å². The van der Waals surface area contributed by atoms with Gasteiger partial charge in [-0.3, -0.25) is 0 Å². The molecule has 0 aliphatic heterocycles. The van der Waals surface area contributed by atoms with E-state index in [1.165, 1.54) is 12.8 Å². The van der Waals surface area contributed by atoms with Crippen LogP contribution in [0.2, 0.25) is 25.2 Å². The van der Waals surface area contributed by atoms with Gasteiger partial charge in [-0.05, 0) is 11.8 Å². The third-order valence-electron chi connectivity index (χ3n) is 2.84. The maximum Gasteiger partial charge on any atom is 0.119 e. The van der Waals surface area contributed by atoms with E-state index in [-0.39, 0.29) is 5.41 Å². The first-order chi connectivity index (χ1) is 7.09. The molecule has 1 nitrogen and oxygen atoms in total. The van der Waals surface area contributed by atoms with Gasteiger partial charge in [0.2, 0.25) is 0 Å². The van der Waals surface area contributed by atoms with E-state index >= 15 is 0 Å².